The van der Waals surface area contributed by atoms with E-state index in [0.29, 0.717) is 40.4 Å². The van der Waals surface area contributed by atoms with Gasteiger partial charge >= 0.3 is 0 Å². The number of furan rings is 1. The van der Waals surface area contributed by atoms with E-state index in [1.54, 1.807) is 19.2 Å². The predicted molar refractivity (Wildman–Crippen MR) is 128 cm³/mol. The van der Waals surface area contributed by atoms with Gasteiger partial charge in [-0.15, -0.1) is 0 Å². The molecule has 3 aromatic rings. The number of ether oxygens (including phenoxy) is 1. The number of halogens is 1. The van der Waals surface area contributed by atoms with Crippen LogP contribution in [0.3, 0.4) is 0 Å². The molecule has 0 aliphatic rings. The van der Waals surface area contributed by atoms with Gasteiger partial charge in [-0.2, -0.15) is 0 Å². The minimum Gasteiger partial charge on any atom is -0.493 e. The van der Waals surface area contributed by atoms with Crippen molar-refractivity contribution in [3.8, 4) is 11.3 Å². The molecule has 0 spiro atoms. The zero-order chi connectivity index (χ0) is 23.3. The lowest BCUT2D eigenvalue weighted by Crippen LogP contribution is -2.18. The zero-order valence-corrected chi connectivity index (χ0v) is 19.3. The van der Waals surface area contributed by atoms with Gasteiger partial charge in [0.2, 0.25) is 0 Å². The van der Waals surface area contributed by atoms with Crippen LogP contribution in [0.1, 0.15) is 50.0 Å². The molecule has 0 fully saturated rings. The third kappa shape index (κ3) is 5.10. The second-order valence-corrected chi connectivity index (χ2v) is 8.12. The second kappa shape index (κ2) is 10.3. The fourth-order valence-electron chi connectivity index (χ4n) is 3.47. The van der Waals surface area contributed by atoms with Gasteiger partial charge < -0.3 is 14.5 Å². The van der Waals surface area contributed by atoms with E-state index >= 15 is 0 Å². The van der Waals surface area contributed by atoms with Crippen molar-refractivity contribution in [2.24, 2.45) is 5.92 Å². The summed E-state index contributed by atoms with van der Waals surface area (Å²) in [5.74, 6) is 1.17. The van der Waals surface area contributed by atoms with Crippen molar-refractivity contribution in [3.63, 3.8) is 0 Å². The van der Waals surface area contributed by atoms with E-state index < -0.39 is 0 Å². The number of allylic oxidation sites excluding steroid dienone is 3. The SMILES string of the molecule is C/C=C\C(OCCC(C)C)=C(/C)c1ccc2oc(-c3ccc(F)cc3)c(C(=O)NC)c2c1. The Morgan fingerprint density at radius 2 is 1.91 bits per heavy atom. The minimum absolute atomic E-state index is 0.260. The summed E-state index contributed by atoms with van der Waals surface area (Å²) in [7, 11) is 1.58. The molecule has 4 nitrogen and oxygen atoms in total. The average Bonchev–Trinajstić information content (AvgIpc) is 3.16. The molecule has 5 heteroatoms. The summed E-state index contributed by atoms with van der Waals surface area (Å²) in [4.78, 5) is 12.8. The molecule has 0 bridgehead atoms. The fraction of sp³-hybridized carbons (Fsp3) is 0.296. The lowest BCUT2D eigenvalue weighted by molar-refractivity contribution is 0.0964. The first-order valence-electron chi connectivity index (χ1n) is 10.9. The molecule has 1 aromatic heterocycles. The van der Waals surface area contributed by atoms with Crippen LogP contribution >= 0.6 is 0 Å². The number of benzene rings is 2. The van der Waals surface area contributed by atoms with Crippen molar-refractivity contribution >= 4 is 22.4 Å². The van der Waals surface area contributed by atoms with Crippen LogP contribution < -0.4 is 5.32 Å². The van der Waals surface area contributed by atoms with Crippen LogP contribution in [0.5, 0.6) is 0 Å². The number of nitrogens with one attached hydrogen (secondary N) is 1. The van der Waals surface area contributed by atoms with Gasteiger partial charge in [0, 0.05) is 18.0 Å². The molecule has 0 saturated carbocycles. The molecule has 32 heavy (non-hydrogen) atoms. The van der Waals surface area contributed by atoms with E-state index in [2.05, 4.69) is 19.2 Å². The standard InChI is InChI=1S/C27H30FNO3/c1-6-7-23(31-15-14-17(2)3)18(4)20-10-13-24-22(16-20)25(27(30)29-5)26(32-24)19-8-11-21(28)12-9-19/h6-13,16-17H,14-15H2,1-5H3,(H,29,30)/b7-6-,23-18-. The number of carbonyl (C=O) groups excluding carboxylic acids is 1. The van der Waals surface area contributed by atoms with E-state index in [9.17, 15) is 9.18 Å². The molecular formula is C27H30FNO3. The van der Waals surface area contributed by atoms with Gasteiger partial charge in [-0.25, -0.2) is 4.39 Å². The summed E-state index contributed by atoms with van der Waals surface area (Å²) in [5.41, 5.74) is 3.57. The van der Waals surface area contributed by atoms with Crippen LogP contribution in [0.15, 0.2) is 64.8 Å². The molecule has 0 atom stereocenters. The Morgan fingerprint density at radius 3 is 2.53 bits per heavy atom. The topological polar surface area (TPSA) is 51.5 Å². The Morgan fingerprint density at radius 1 is 1.19 bits per heavy atom. The molecule has 1 heterocycles. The van der Waals surface area contributed by atoms with Crippen LogP contribution in [0.25, 0.3) is 27.9 Å². The minimum atomic E-state index is -0.344. The maximum atomic E-state index is 13.4. The highest BCUT2D eigenvalue weighted by molar-refractivity contribution is 6.11. The van der Waals surface area contributed by atoms with Crippen molar-refractivity contribution in [2.45, 2.75) is 34.1 Å². The van der Waals surface area contributed by atoms with Gasteiger partial charge in [-0.05, 0) is 79.8 Å². The first kappa shape index (κ1) is 23.3. The first-order chi connectivity index (χ1) is 15.3. The highest BCUT2D eigenvalue weighted by atomic mass is 19.1. The Bertz CT molecular complexity index is 1150. The van der Waals surface area contributed by atoms with Gasteiger partial charge in [0.25, 0.3) is 5.91 Å². The molecule has 168 valence electrons. The Hall–Kier alpha value is -3.34. The quantitative estimate of drug-likeness (QED) is 0.307. The monoisotopic (exact) mass is 435 g/mol. The smallest absolute Gasteiger partial charge is 0.255 e. The van der Waals surface area contributed by atoms with Gasteiger partial charge in [-0.3, -0.25) is 4.79 Å². The molecule has 0 radical (unpaired) electrons. The molecule has 0 aliphatic carbocycles. The normalized spacial score (nSPS) is 12.5. The lowest BCUT2D eigenvalue weighted by Gasteiger charge is -2.13. The van der Waals surface area contributed by atoms with E-state index in [-0.39, 0.29) is 11.7 Å². The highest BCUT2D eigenvalue weighted by Crippen LogP contribution is 2.36. The van der Waals surface area contributed by atoms with Crippen molar-refractivity contribution in [3.05, 3.63) is 77.3 Å². The molecule has 0 unspecified atom stereocenters. The number of hydrogen-bond acceptors (Lipinski definition) is 3. The summed E-state index contributed by atoms with van der Waals surface area (Å²) in [6.07, 6.45) is 4.88. The Labute approximate surface area is 188 Å². The zero-order valence-electron chi connectivity index (χ0n) is 19.3. The van der Waals surface area contributed by atoms with Gasteiger partial charge in [0.15, 0.2) is 0 Å². The average molecular weight is 436 g/mol. The second-order valence-electron chi connectivity index (χ2n) is 8.12. The van der Waals surface area contributed by atoms with Crippen LogP contribution in [0.4, 0.5) is 4.39 Å². The summed E-state index contributed by atoms with van der Waals surface area (Å²) in [6, 6.07) is 11.7. The number of amides is 1. The summed E-state index contributed by atoms with van der Waals surface area (Å²) < 4.78 is 25.5. The van der Waals surface area contributed by atoms with E-state index in [1.165, 1.54) is 12.1 Å². The van der Waals surface area contributed by atoms with Crippen molar-refractivity contribution in [2.75, 3.05) is 13.7 Å². The van der Waals surface area contributed by atoms with Gasteiger partial charge in [0.1, 0.15) is 22.9 Å². The molecule has 2 aromatic carbocycles. The van der Waals surface area contributed by atoms with Crippen molar-refractivity contribution in [1.29, 1.82) is 0 Å². The molecule has 0 aliphatic heterocycles. The van der Waals surface area contributed by atoms with E-state index in [4.69, 9.17) is 9.15 Å². The predicted octanol–water partition coefficient (Wildman–Crippen LogP) is 6.97. The number of rotatable bonds is 8. The fourth-order valence-corrected chi connectivity index (χ4v) is 3.47. The van der Waals surface area contributed by atoms with Crippen LogP contribution in [-0.4, -0.2) is 19.6 Å². The highest BCUT2D eigenvalue weighted by Gasteiger charge is 2.22. The molecule has 1 amide bonds. The molecule has 3 rings (SSSR count). The number of carbonyl (C=O) groups is 1. The Balaban J connectivity index is 2.12. The molecular weight excluding hydrogens is 405 g/mol. The Kier molecular flexibility index (Phi) is 7.52. The maximum Gasteiger partial charge on any atom is 0.255 e. The van der Waals surface area contributed by atoms with Gasteiger partial charge in [0.05, 0.1) is 12.2 Å². The summed E-state index contributed by atoms with van der Waals surface area (Å²) in [6.45, 7) is 8.94. The lowest BCUT2D eigenvalue weighted by atomic mass is 10.00. The largest absolute Gasteiger partial charge is 0.493 e. The van der Waals surface area contributed by atoms with E-state index in [0.717, 1.165) is 23.3 Å². The number of fused-ring (bicyclic) bond motifs is 1. The van der Waals surface area contributed by atoms with Crippen LogP contribution in [0, 0.1) is 11.7 Å². The van der Waals surface area contributed by atoms with Crippen LogP contribution in [-0.2, 0) is 4.74 Å². The first-order valence-corrected chi connectivity index (χ1v) is 10.9. The van der Waals surface area contributed by atoms with E-state index in [1.807, 2.05) is 44.2 Å². The summed E-state index contributed by atoms with van der Waals surface area (Å²) in [5, 5.41) is 3.39. The number of hydrogen-bond donors (Lipinski definition) is 1. The van der Waals surface area contributed by atoms with Crippen molar-refractivity contribution in [1.82, 2.24) is 5.32 Å². The van der Waals surface area contributed by atoms with Crippen molar-refractivity contribution < 1.29 is 18.3 Å². The molecule has 0 saturated heterocycles. The summed E-state index contributed by atoms with van der Waals surface area (Å²) >= 11 is 0. The van der Waals surface area contributed by atoms with Gasteiger partial charge in [-0.1, -0.05) is 26.0 Å². The van der Waals surface area contributed by atoms with Crippen LogP contribution in [0.2, 0.25) is 0 Å². The molecule has 1 N–H and O–H groups in total. The third-order valence-electron chi connectivity index (χ3n) is 5.32. The third-order valence-corrected chi connectivity index (χ3v) is 5.32. The maximum absolute atomic E-state index is 13.4.